The number of para-hydroxylation sites is 2. The lowest BCUT2D eigenvalue weighted by Crippen LogP contribution is -2.22. The summed E-state index contributed by atoms with van der Waals surface area (Å²) in [5.41, 5.74) is 1.34. The lowest BCUT2D eigenvalue weighted by atomic mass is 10.3. The van der Waals surface area contributed by atoms with E-state index in [9.17, 15) is 9.59 Å². The number of benzene rings is 2. The van der Waals surface area contributed by atoms with Gasteiger partial charge in [0.1, 0.15) is 16.2 Å². The Morgan fingerprint density at radius 2 is 1.91 bits per heavy atom. The summed E-state index contributed by atoms with van der Waals surface area (Å²) >= 11 is 7.90. The first-order valence-corrected chi connectivity index (χ1v) is 12.4. The number of carbonyl (C=O) groups excluding carboxylic acids is 1. The van der Waals surface area contributed by atoms with Crippen LogP contribution in [0.4, 0.5) is 0 Å². The molecule has 0 radical (unpaired) electrons. The number of rotatable bonds is 8. The van der Waals surface area contributed by atoms with E-state index in [-0.39, 0.29) is 17.9 Å². The SMILES string of the molecule is CCOC(=O)CSc1nc2c(sc(=S)n2-c2cccc(OC)c2)c(=O)n1-c1ccccc1OC. The number of hydrogen-bond donors (Lipinski definition) is 0. The van der Waals surface area contributed by atoms with Crippen molar-refractivity contribution in [1.82, 2.24) is 14.1 Å². The number of nitrogens with zero attached hydrogens (tertiary/aromatic N) is 3. The fraction of sp³-hybridized carbons (Fsp3) is 0.217. The molecule has 0 fully saturated rings. The van der Waals surface area contributed by atoms with Crippen LogP contribution in [-0.4, -0.2) is 46.7 Å². The first-order valence-electron chi connectivity index (χ1n) is 10.2. The van der Waals surface area contributed by atoms with E-state index in [1.54, 1.807) is 36.8 Å². The van der Waals surface area contributed by atoms with E-state index in [4.69, 9.17) is 31.4 Å². The van der Waals surface area contributed by atoms with Crippen molar-refractivity contribution in [3.63, 3.8) is 0 Å². The lowest BCUT2D eigenvalue weighted by Gasteiger charge is -2.15. The van der Waals surface area contributed by atoms with Crippen LogP contribution in [0, 0.1) is 3.95 Å². The molecule has 4 aromatic rings. The molecule has 0 bridgehead atoms. The van der Waals surface area contributed by atoms with E-state index in [0.29, 0.717) is 36.6 Å². The second kappa shape index (κ2) is 10.4. The Morgan fingerprint density at radius 3 is 2.65 bits per heavy atom. The summed E-state index contributed by atoms with van der Waals surface area (Å²) in [4.78, 5) is 30.7. The van der Waals surface area contributed by atoms with E-state index in [1.165, 1.54) is 23.0 Å². The number of thioether (sulfide) groups is 1. The Balaban J connectivity index is 1.98. The lowest BCUT2D eigenvalue weighted by molar-refractivity contribution is -0.139. The largest absolute Gasteiger partial charge is 0.497 e. The zero-order valence-corrected chi connectivity index (χ0v) is 21.1. The molecular weight excluding hydrogens is 494 g/mol. The third-order valence-corrected chi connectivity index (χ3v) is 7.10. The van der Waals surface area contributed by atoms with Gasteiger partial charge in [0, 0.05) is 6.07 Å². The maximum Gasteiger partial charge on any atom is 0.316 e. The molecule has 0 aliphatic heterocycles. The van der Waals surface area contributed by atoms with E-state index in [2.05, 4.69) is 0 Å². The van der Waals surface area contributed by atoms with Gasteiger partial charge in [0.25, 0.3) is 5.56 Å². The second-order valence-electron chi connectivity index (χ2n) is 6.86. The topological polar surface area (TPSA) is 84.6 Å². The molecule has 0 unspecified atom stereocenters. The first kappa shape index (κ1) is 24.0. The summed E-state index contributed by atoms with van der Waals surface area (Å²) < 4.78 is 19.9. The number of methoxy groups -OCH3 is 2. The van der Waals surface area contributed by atoms with Crippen molar-refractivity contribution in [3.8, 4) is 22.9 Å². The third kappa shape index (κ3) is 4.59. The van der Waals surface area contributed by atoms with Crippen LogP contribution in [0.15, 0.2) is 58.5 Å². The van der Waals surface area contributed by atoms with Crippen molar-refractivity contribution in [2.24, 2.45) is 0 Å². The van der Waals surface area contributed by atoms with Gasteiger partial charge < -0.3 is 14.2 Å². The Kier molecular flexibility index (Phi) is 7.35. The molecule has 0 amide bonds. The Labute approximate surface area is 208 Å². The van der Waals surface area contributed by atoms with Crippen LogP contribution in [0.5, 0.6) is 11.5 Å². The maximum atomic E-state index is 13.8. The number of fused-ring (bicyclic) bond motifs is 1. The predicted octanol–water partition coefficient (Wildman–Crippen LogP) is 4.64. The van der Waals surface area contributed by atoms with Crippen molar-refractivity contribution < 1.29 is 19.0 Å². The molecule has 176 valence electrons. The quantitative estimate of drug-likeness (QED) is 0.145. The highest BCUT2D eigenvalue weighted by Crippen LogP contribution is 2.31. The van der Waals surface area contributed by atoms with Gasteiger partial charge in [-0.1, -0.05) is 41.3 Å². The molecule has 0 saturated carbocycles. The van der Waals surface area contributed by atoms with Gasteiger partial charge in [-0.3, -0.25) is 18.7 Å². The van der Waals surface area contributed by atoms with Crippen LogP contribution in [0.1, 0.15) is 6.92 Å². The van der Waals surface area contributed by atoms with Crippen molar-refractivity contribution in [1.29, 1.82) is 0 Å². The number of esters is 1. The Morgan fingerprint density at radius 1 is 1.12 bits per heavy atom. The van der Waals surface area contributed by atoms with Gasteiger partial charge in [-0.15, -0.1) is 0 Å². The van der Waals surface area contributed by atoms with Gasteiger partial charge in [0.05, 0.1) is 38.0 Å². The summed E-state index contributed by atoms with van der Waals surface area (Å²) in [5, 5.41) is 0.319. The number of ether oxygens (including phenoxy) is 3. The summed E-state index contributed by atoms with van der Waals surface area (Å²) in [7, 11) is 3.11. The average Bonchev–Trinajstić information content (AvgIpc) is 3.19. The Bertz CT molecular complexity index is 1470. The van der Waals surface area contributed by atoms with Gasteiger partial charge >= 0.3 is 5.97 Å². The number of thiazole rings is 1. The first-order chi connectivity index (χ1) is 16.5. The van der Waals surface area contributed by atoms with Crippen LogP contribution in [0.2, 0.25) is 0 Å². The van der Waals surface area contributed by atoms with Gasteiger partial charge in [-0.2, -0.15) is 0 Å². The molecule has 34 heavy (non-hydrogen) atoms. The molecule has 2 heterocycles. The molecule has 11 heteroatoms. The molecule has 0 aliphatic rings. The average molecular weight is 516 g/mol. The van der Waals surface area contributed by atoms with E-state index in [0.717, 1.165) is 17.4 Å². The van der Waals surface area contributed by atoms with Crippen LogP contribution in [0.3, 0.4) is 0 Å². The molecule has 4 rings (SSSR count). The number of carbonyl (C=O) groups is 1. The minimum Gasteiger partial charge on any atom is -0.497 e. The fourth-order valence-corrected chi connectivity index (χ4v) is 5.46. The summed E-state index contributed by atoms with van der Waals surface area (Å²) in [6.07, 6.45) is 0. The molecule has 0 saturated heterocycles. The van der Waals surface area contributed by atoms with Crippen molar-refractivity contribution in [3.05, 3.63) is 62.8 Å². The fourth-order valence-electron chi connectivity index (χ4n) is 3.36. The molecule has 0 spiro atoms. The highest BCUT2D eigenvalue weighted by Gasteiger charge is 2.21. The van der Waals surface area contributed by atoms with Crippen LogP contribution >= 0.6 is 35.3 Å². The number of aromatic nitrogens is 3. The highest BCUT2D eigenvalue weighted by molar-refractivity contribution is 7.99. The van der Waals surface area contributed by atoms with Crippen molar-refractivity contribution in [2.45, 2.75) is 12.1 Å². The second-order valence-corrected chi connectivity index (χ2v) is 9.44. The molecule has 0 aliphatic carbocycles. The van der Waals surface area contributed by atoms with Gasteiger partial charge in [-0.05, 0) is 43.4 Å². The number of hydrogen-bond acceptors (Lipinski definition) is 9. The Hall–Kier alpha value is -3.15. The minimum absolute atomic E-state index is 0.00896. The van der Waals surface area contributed by atoms with E-state index in [1.807, 2.05) is 30.3 Å². The minimum atomic E-state index is -0.400. The monoisotopic (exact) mass is 515 g/mol. The van der Waals surface area contributed by atoms with E-state index >= 15 is 0 Å². The maximum absolute atomic E-state index is 13.8. The normalized spacial score (nSPS) is 10.9. The van der Waals surface area contributed by atoms with Gasteiger partial charge in [0.2, 0.25) is 0 Å². The molecule has 0 N–H and O–H groups in total. The zero-order chi connectivity index (χ0) is 24.2. The zero-order valence-electron chi connectivity index (χ0n) is 18.6. The van der Waals surface area contributed by atoms with Crippen molar-refractivity contribution >= 4 is 51.6 Å². The van der Waals surface area contributed by atoms with Crippen molar-refractivity contribution in [2.75, 3.05) is 26.6 Å². The molecule has 8 nitrogen and oxygen atoms in total. The van der Waals surface area contributed by atoms with Gasteiger partial charge in [-0.25, -0.2) is 4.98 Å². The molecular formula is C23H21N3O5S3. The van der Waals surface area contributed by atoms with Gasteiger partial charge in [0.15, 0.2) is 14.8 Å². The molecule has 0 atom stereocenters. The summed E-state index contributed by atoms with van der Waals surface area (Å²) in [6, 6.07) is 14.5. The van der Waals surface area contributed by atoms with Crippen LogP contribution in [-0.2, 0) is 9.53 Å². The van der Waals surface area contributed by atoms with Crippen LogP contribution in [0.25, 0.3) is 21.7 Å². The third-order valence-electron chi connectivity index (χ3n) is 4.84. The highest BCUT2D eigenvalue weighted by atomic mass is 32.2. The smallest absolute Gasteiger partial charge is 0.316 e. The summed E-state index contributed by atoms with van der Waals surface area (Å²) in [5.74, 6) is 0.742. The van der Waals surface area contributed by atoms with E-state index < -0.39 is 5.97 Å². The molecule has 2 aromatic carbocycles. The van der Waals surface area contributed by atoms with Crippen LogP contribution < -0.4 is 15.0 Å². The summed E-state index contributed by atoms with van der Waals surface area (Å²) in [6.45, 7) is 2.01. The standard InChI is InChI=1S/C23H21N3O5S3/c1-4-31-18(27)13-33-22-24-20-19(21(28)26(22)16-10-5-6-11-17(16)30-3)34-23(32)25(20)14-8-7-9-15(12-14)29-2/h5-12H,4,13H2,1-3H3. The molecule has 2 aromatic heterocycles. The predicted molar refractivity (Wildman–Crippen MR) is 136 cm³/mol.